The quantitative estimate of drug-likeness (QED) is 0.290. The number of hydrogen-bond donors (Lipinski definition) is 2. The van der Waals surface area contributed by atoms with Crippen LogP contribution in [-0.4, -0.2) is 77.1 Å². The maximum atomic E-state index is 6.05. The minimum Gasteiger partial charge on any atom is -0.385 e. The largest absolute Gasteiger partial charge is 0.385 e. The Morgan fingerprint density at radius 2 is 2.00 bits per heavy atom. The van der Waals surface area contributed by atoms with Gasteiger partial charge in [0.2, 0.25) is 0 Å². The van der Waals surface area contributed by atoms with Crippen LogP contribution in [0.4, 0.5) is 0 Å². The van der Waals surface area contributed by atoms with Gasteiger partial charge in [0, 0.05) is 53.1 Å². The van der Waals surface area contributed by atoms with Gasteiger partial charge in [-0.15, -0.1) is 0 Å². The van der Waals surface area contributed by atoms with Gasteiger partial charge in [-0.3, -0.25) is 0 Å². The van der Waals surface area contributed by atoms with Crippen LogP contribution in [0.3, 0.4) is 0 Å². The SMILES string of the molecule is CCNC(=NCc1cccc(COC2CCOCC2)c1)NCCN(C)CCCOC. The molecule has 2 rings (SSSR count). The van der Waals surface area contributed by atoms with Gasteiger partial charge in [0.05, 0.1) is 19.3 Å². The number of likely N-dealkylation sites (N-methyl/N-ethyl adjacent to an activating group) is 1. The molecule has 1 saturated heterocycles. The van der Waals surface area contributed by atoms with Crippen molar-refractivity contribution in [2.45, 2.75) is 45.4 Å². The number of methoxy groups -OCH3 is 1. The lowest BCUT2D eigenvalue weighted by molar-refractivity contribution is -0.0390. The second-order valence-electron chi connectivity index (χ2n) is 7.71. The normalized spacial score (nSPS) is 15.5. The van der Waals surface area contributed by atoms with Gasteiger partial charge in [0.1, 0.15) is 0 Å². The Bertz CT molecular complexity index is 606. The third-order valence-electron chi connectivity index (χ3n) is 5.08. The van der Waals surface area contributed by atoms with E-state index in [4.69, 9.17) is 19.2 Å². The van der Waals surface area contributed by atoms with E-state index in [9.17, 15) is 0 Å². The Labute approximate surface area is 182 Å². The summed E-state index contributed by atoms with van der Waals surface area (Å²) in [5.41, 5.74) is 2.39. The van der Waals surface area contributed by atoms with Crippen LogP contribution in [0.25, 0.3) is 0 Å². The van der Waals surface area contributed by atoms with Crippen molar-refractivity contribution in [1.82, 2.24) is 15.5 Å². The second kappa shape index (κ2) is 15.2. The summed E-state index contributed by atoms with van der Waals surface area (Å²) >= 11 is 0. The fourth-order valence-corrected chi connectivity index (χ4v) is 3.34. The number of rotatable bonds is 13. The third-order valence-corrected chi connectivity index (χ3v) is 5.08. The van der Waals surface area contributed by atoms with Gasteiger partial charge >= 0.3 is 0 Å². The number of benzene rings is 1. The fraction of sp³-hybridized carbons (Fsp3) is 0.696. The van der Waals surface area contributed by atoms with Crippen LogP contribution in [0.15, 0.2) is 29.3 Å². The highest BCUT2D eigenvalue weighted by Gasteiger charge is 2.14. The van der Waals surface area contributed by atoms with Gasteiger partial charge in [0.25, 0.3) is 0 Å². The van der Waals surface area contributed by atoms with Crippen LogP contribution in [0.1, 0.15) is 37.3 Å². The molecule has 2 N–H and O–H groups in total. The zero-order valence-corrected chi connectivity index (χ0v) is 19.0. The highest BCUT2D eigenvalue weighted by atomic mass is 16.5. The molecule has 1 aromatic carbocycles. The molecule has 0 aliphatic carbocycles. The Balaban J connectivity index is 1.77. The molecular weight excluding hydrogens is 380 g/mol. The molecule has 0 aromatic heterocycles. The molecule has 0 atom stereocenters. The summed E-state index contributed by atoms with van der Waals surface area (Å²) in [6, 6.07) is 8.52. The molecule has 1 aliphatic rings. The first kappa shape index (κ1) is 24.6. The Hall–Kier alpha value is -1.67. The summed E-state index contributed by atoms with van der Waals surface area (Å²) in [5, 5.41) is 6.75. The van der Waals surface area contributed by atoms with Crippen molar-refractivity contribution < 1.29 is 14.2 Å². The van der Waals surface area contributed by atoms with Gasteiger partial charge in [0.15, 0.2) is 5.96 Å². The van der Waals surface area contributed by atoms with E-state index in [-0.39, 0.29) is 0 Å². The highest BCUT2D eigenvalue weighted by molar-refractivity contribution is 5.79. The van der Waals surface area contributed by atoms with E-state index in [2.05, 4.69) is 53.8 Å². The summed E-state index contributed by atoms with van der Waals surface area (Å²) in [6.07, 6.45) is 3.35. The monoisotopic (exact) mass is 420 g/mol. The first-order valence-corrected chi connectivity index (χ1v) is 11.2. The lowest BCUT2D eigenvalue weighted by Gasteiger charge is -2.22. The highest BCUT2D eigenvalue weighted by Crippen LogP contribution is 2.14. The smallest absolute Gasteiger partial charge is 0.191 e. The Morgan fingerprint density at radius 3 is 2.77 bits per heavy atom. The van der Waals surface area contributed by atoms with Crippen molar-refractivity contribution in [3.63, 3.8) is 0 Å². The molecule has 1 heterocycles. The molecule has 7 nitrogen and oxygen atoms in total. The van der Waals surface area contributed by atoms with Gasteiger partial charge in [-0.05, 0) is 44.4 Å². The van der Waals surface area contributed by atoms with E-state index in [0.717, 1.165) is 71.2 Å². The van der Waals surface area contributed by atoms with Crippen molar-refractivity contribution in [3.8, 4) is 0 Å². The molecule has 0 amide bonds. The molecule has 7 heteroatoms. The predicted octanol–water partition coefficient (Wildman–Crippen LogP) is 2.41. The minimum atomic E-state index is 0.317. The van der Waals surface area contributed by atoms with Crippen LogP contribution in [0, 0.1) is 0 Å². The van der Waals surface area contributed by atoms with Gasteiger partial charge in [-0.25, -0.2) is 4.99 Å². The molecule has 1 fully saturated rings. The molecule has 0 saturated carbocycles. The van der Waals surface area contributed by atoms with E-state index < -0.39 is 0 Å². The Kier molecular flexibility index (Phi) is 12.4. The van der Waals surface area contributed by atoms with Crippen molar-refractivity contribution in [3.05, 3.63) is 35.4 Å². The van der Waals surface area contributed by atoms with Gasteiger partial charge in [-0.1, -0.05) is 24.3 Å². The van der Waals surface area contributed by atoms with Crippen molar-refractivity contribution in [2.24, 2.45) is 4.99 Å². The zero-order valence-electron chi connectivity index (χ0n) is 19.0. The summed E-state index contributed by atoms with van der Waals surface area (Å²) in [6.45, 7) is 9.50. The number of nitrogens with zero attached hydrogens (tertiary/aromatic N) is 2. The van der Waals surface area contributed by atoms with Crippen LogP contribution < -0.4 is 10.6 Å². The summed E-state index contributed by atoms with van der Waals surface area (Å²) in [7, 11) is 3.88. The molecule has 170 valence electrons. The molecule has 1 aromatic rings. The first-order chi connectivity index (χ1) is 14.7. The lowest BCUT2D eigenvalue weighted by Crippen LogP contribution is -2.41. The molecule has 0 bridgehead atoms. The van der Waals surface area contributed by atoms with Crippen LogP contribution in [-0.2, 0) is 27.4 Å². The Morgan fingerprint density at radius 1 is 1.20 bits per heavy atom. The van der Waals surface area contributed by atoms with Gasteiger partial charge in [-0.2, -0.15) is 0 Å². The molecule has 0 radical (unpaired) electrons. The number of ether oxygens (including phenoxy) is 3. The number of hydrogen-bond acceptors (Lipinski definition) is 5. The summed E-state index contributed by atoms with van der Waals surface area (Å²) < 4.78 is 16.6. The van der Waals surface area contributed by atoms with Gasteiger partial charge < -0.3 is 29.7 Å². The summed E-state index contributed by atoms with van der Waals surface area (Å²) in [4.78, 5) is 7.05. The zero-order chi connectivity index (χ0) is 21.4. The predicted molar refractivity (Wildman–Crippen MR) is 122 cm³/mol. The minimum absolute atomic E-state index is 0.317. The average molecular weight is 421 g/mol. The number of aliphatic imine (C=N–C) groups is 1. The van der Waals surface area contributed by atoms with Crippen molar-refractivity contribution in [1.29, 1.82) is 0 Å². The molecule has 30 heavy (non-hydrogen) atoms. The molecule has 0 unspecified atom stereocenters. The maximum Gasteiger partial charge on any atom is 0.191 e. The average Bonchev–Trinajstić information content (AvgIpc) is 2.77. The van der Waals surface area contributed by atoms with E-state index in [1.807, 2.05) is 0 Å². The number of guanidine groups is 1. The van der Waals surface area contributed by atoms with Crippen LogP contribution in [0.5, 0.6) is 0 Å². The third kappa shape index (κ3) is 10.4. The van der Waals surface area contributed by atoms with E-state index in [1.54, 1.807) is 7.11 Å². The maximum absolute atomic E-state index is 6.05. The summed E-state index contributed by atoms with van der Waals surface area (Å²) in [5.74, 6) is 0.853. The van der Waals surface area contributed by atoms with Crippen LogP contribution in [0.2, 0.25) is 0 Å². The fourth-order valence-electron chi connectivity index (χ4n) is 3.34. The van der Waals surface area contributed by atoms with E-state index in [1.165, 1.54) is 11.1 Å². The molecule has 0 spiro atoms. The topological polar surface area (TPSA) is 67.4 Å². The van der Waals surface area contributed by atoms with E-state index >= 15 is 0 Å². The van der Waals surface area contributed by atoms with Crippen molar-refractivity contribution in [2.75, 3.05) is 60.2 Å². The lowest BCUT2D eigenvalue weighted by atomic mass is 10.1. The molecular formula is C23H40N4O3. The number of nitrogens with one attached hydrogen (secondary N) is 2. The molecule has 1 aliphatic heterocycles. The second-order valence-corrected chi connectivity index (χ2v) is 7.71. The van der Waals surface area contributed by atoms with E-state index in [0.29, 0.717) is 19.3 Å². The standard InChI is InChI=1S/C23H40N4O3/c1-4-24-23(25-11-13-27(2)12-6-14-28-3)26-18-20-7-5-8-21(17-20)19-30-22-9-15-29-16-10-22/h5,7-8,17,22H,4,6,9-16,18-19H2,1-3H3,(H2,24,25,26). The van der Waals surface area contributed by atoms with Crippen molar-refractivity contribution >= 4 is 5.96 Å². The van der Waals surface area contributed by atoms with Crippen LogP contribution >= 0.6 is 0 Å². The first-order valence-electron chi connectivity index (χ1n) is 11.2.